The van der Waals surface area contributed by atoms with E-state index in [9.17, 15) is 0 Å². The van der Waals surface area contributed by atoms with Crippen LogP contribution >= 0.6 is 12.4 Å². The zero-order valence-electron chi connectivity index (χ0n) is 13.4. The molecule has 0 aliphatic carbocycles. The molecule has 0 amide bonds. The van der Waals surface area contributed by atoms with E-state index in [4.69, 9.17) is 9.47 Å². The van der Waals surface area contributed by atoms with Crippen LogP contribution in [0.25, 0.3) is 0 Å². The Morgan fingerprint density at radius 2 is 2.05 bits per heavy atom. The number of nitrogens with one attached hydrogen (secondary N) is 1. The van der Waals surface area contributed by atoms with Crippen molar-refractivity contribution in [2.45, 2.75) is 39.4 Å². The van der Waals surface area contributed by atoms with Crippen molar-refractivity contribution in [3.8, 4) is 11.5 Å². The summed E-state index contributed by atoms with van der Waals surface area (Å²) in [5, 5.41) is 3.51. The predicted molar refractivity (Wildman–Crippen MR) is 88.7 cm³/mol. The molecule has 0 spiro atoms. The summed E-state index contributed by atoms with van der Waals surface area (Å²) in [6, 6.07) is 7.34. The Bertz CT molecular complexity index is 442. The zero-order valence-corrected chi connectivity index (χ0v) is 14.2. The molecule has 1 aromatic carbocycles. The van der Waals surface area contributed by atoms with Gasteiger partial charge in [-0.25, -0.2) is 0 Å². The average Bonchev–Trinajstić information content (AvgIpc) is 2.44. The van der Waals surface area contributed by atoms with Crippen molar-refractivity contribution in [1.82, 2.24) is 10.2 Å². The number of rotatable bonds is 5. The molecule has 0 aromatic heterocycles. The third-order valence-corrected chi connectivity index (χ3v) is 3.81. The third kappa shape index (κ3) is 4.77. The topological polar surface area (TPSA) is 33.7 Å². The first-order valence-electron chi connectivity index (χ1n) is 7.41. The molecule has 2 unspecified atom stereocenters. The van der Waals surface area contributed by atoms with E-state index < -0.39 is 0 Å². The van der Waals surface area contributed by atoms with Crippen LogP contribution in [0.1, 0.15) is 26.3 Å². The van der Waals surface area contributed by atoms with Crippen molar-refractivity contribution in [1.29, 1.82) is 0 Å². The number of halogens is 1. The maximum Gasteiger partial charge on any atom is 0.161 e. The molecule has 1 aliphatic rings. The predicted octanol–water partition coefficient (Wildman–Crippen LogP) is 2.70. The van der Waals surface area contributed by atoms with E-state index in [1.165, 1.54) is 5.56 Å². The van der Waals surface area contributed by atoms with Crippen LogP contribution in [0.4, 0.5) is 0 Å². The van der Waals surface area contributed by atoms with Crippen LogP contribution in [0.3, 0.4) is 0 Å². The average molecular weight is 315 g/mol. The van der Waals surface area contributed by atoms with Crippen LogP contribution in [0.5, 0.6) is 11.5 Å². The smallest absolute Gasteiger partial charge is 0.161 e. The first-order valence-corrected chi connectivity index (χ1v) is 7.41. The van der Waals surface area contributed by atoms with Gasteiger partial charge in [-0.3, -0.25) is 4.90 Å². The fraction of sp³-hybridized carbons (Fsp3) is 0.625. The molecule has 0 bridgehead atoms. The minimum Gasteiger partial charge on any atom is -0.493 e. The molecule has 0 saturated carbocycles. The van der Waals surface area contributed by atoms with E-state index >= 15 is 0 Å². The number of nitrogens with zero attached hydrogens (tertiary/aromatic N) is 1. The first-order chi connectivity index (χ1) is 9.63. The Hall–Kier alpha value is -0.970. The Morgan fingerprint density at radius 3 is 2.71 bits per heavy atom. The number of methoxy groups -OCH3 is 1. The highest BCUT2D eigenvalue weighted by Gasteiger charge is 2.22. The molecule has 2 rings (SSSR count). The summed E-state index contributed by atoms with van der Waals surface area (Å²) in [7, 11) is 1.69. The highest BCUT2D eigenvalue weighted by Crippen LogP contribution is 2.28. The van der Waals surface area contributed by atoms with E-state index in [-0.39, 0.29) is 12.4 Å². The van der Waals surface area contributed by atoms with Gasteiger partial charge in [0.05, 0.1) is 13.7 Å². The molecule has 1 aliphatic heterocycles. The van der Waals surface area contributed by atoms with Gasteiger partial charge in [0.1, 0.15) is 0 Å². The van der Waals surface area contributed by atoms with Gasteiger partial charge in [0.2, 0.25) is 0 Å². The number of benzene rings is 1. The normalized spacial score (nSPS) is 22.5. The summed E-state index contributed by atoms with van der Waals surface area (Å²) in [5.41, 5.74) is 1.27. The van der Waals surface area contributed by atoms with E-state index in [1.807, 2.05) is 13.0 Å². The van der Waals surface area contributed by atoms with Crippen molar-refractivity contribution >= 4 is 12.4 Å². The Kier molecular flexibility index (Phi) is 7.29. The SMILES string of the molecule is CCOc1ccc(CN2CC(C)NCC2C)cc1OC.Cl. The summed E-state index contributed by atoms with van der Waals surface area (Å²) < 4.78 is 11.0. The van der Waals surface area contributed by atoms with Crippen molar-refractivity contribution < 1.29 is 9.47 Å². The molecule has 1 fully saturated rings. The molecule has 5 heteroatoms. The maximum atomic E-state index is 5.56. The van der Waals surface area contributed by atoms with Gasteiger partial charge in [-0.2, -0.15) is 0 Å². The minimum absolute atomic E-state index is 0. The van der Waals surface area contributed by atoms with Crippen LogP contribution in [0.15, 0.2) is 18.2 Å². The first kappa shape index (κ1) is 18.1. The second-order valence-electron chi connectivity index (χ2n) is 5.51. The van der Waals surface area contributed by atoms with E-state index in [0.29, 0.717) is 18.7 Å². The van der Waals surface area contributed by atoms with E-state index in [0.717, 1.165) is 31.1 Å². The van der Waals surface area contributed by atoms with Crippen molar-refractivity contribution in [3.05, 3.63) is 23.8 Å². The molecule has 4 nitrogen and oxygen atoms in total. The van der Waals surface area contributed by atoms with Gasteiger partial charge in [0.15, 0.2) is 11.5 Å². The van der Waals surface area contributed by atoms with Gasteiger partial charge in [-0.05, 0) is 38.5 Å². The monoisotopic (exact) mass is 314 g/mol. The van der Waals surface area contributed by atoms with Crippen LogP contribution < -0.4 is 14.8 Å². The van der Waals surface area contributed by atoms with Gasteiger partial charge in [0.25, 0.3) is 0 Å². The molecule has 21 heavy (non-hydrogen) atoms. The van der Waals surface area contributed by atoms with Crippen molar-refractivity contribution in [2.75, 3.05) is 26.8 Å². The lowest BCUT2D eigenvalue weighted by molar-refractivity contribution is 0.138. The lowest BCUT2D eigenvalue weighted by atomic mass is 10.1. The molecule has 1 N–H and O–H groups in total. The molecular weight excluding hydrogens is 288 g/mol. The summed E-state index contributed by atoms with van der Waals surface area (Å²) >= 11 is 0. The molecular formula is C16H27ClN2O2. The van der Waals surface area contributed by atoms with Crippen LogP contribution in [-0.2, 0) is 6.54 Å². The molecule has 2 atom stereocenters. The quantitative estimate of drug-likeness (QED) is 0.906. The molecule has 1 saturated heterocycles. The Morgan fingerprint density at radius 1 is 1.29 bits per heavy atom. The van der Waals surface area contributed by atoms with Crippen molar-refractivity contribution in [2.24, 2.45) is 0 Å². The van der Waals surface area contributed by atoms with Gasteiger partial charge in [0, 0.05) is 31.7 Å². The minimum atomic E-state index is 0. The lowest BCUT2D eigenvalue weighted by Crippen LogP contribution is -2.53. The summed E-state index contributed by atoms with van der Waals surface area (Å²) in [6.45, 7) is 10.2. The molecule has 0 radical (unpaired) electrons. The number of hydrogen-bond acceptors (Lipinski definition) is 4. The van der Waals surface area contributed by atoms with E-state index in [2.05, 4.69) is 36.2 Å². The number of hydrogen-bond donors (Lipinski definition) is 1. The van der Waals surface area contributed by atoms with Gasteiger partial charge in [-0.15, -0.1) is 12.4 Å². The van der Waals surface area contributed by atoms with E-state index in [1.54, 1.807) is 7.11 Å². The Labute approximate surface area is 134 Å². The van der Waals surface area contributed by atoms with Crippen LogP contribution in [0, 0.1) is 0 Å². The fourth-order valence-electron chi connectivity index (χ4n) is 2.64. The standard InChI is InChI=1S/C16H26N2O2.ClH/c1-5-20-15-7-6-14(8-16(15)19-4)11-18-10-12(2)17-9-13(18)3;/h6-8,12-13,17H,5,9-11H2,1-4H3;1H. The fourth-order valence-corrected chi connectivity index (χ4v) is 2.64. The van der Waals surface area contributed by atoms with Crippen LogP contribution in [0.2, 0.25) is 0 Å². The molecule has 1 aromatic rings. The second kappa shape index (κ2) is 8.47. The number of piperazine rings is 1. The zero-order chi connectivity index (χ0) is 14.5. The highest BCUT2D eigenvalue weighted by molar-refractivity contribution is 5.85. The summed E-state index contributed by atoms with van der Waals surface area (Å²) in [6.07, 6.45) is 0. The van der Waals surface area contributed by atoms with Gasteiger partial charge >= 0.3 is 0 Å². The Balaban J connectivity index is 0.00000220. The largest absolute Gasteiger partial charge is 0.493 e. The van der Waals surface area contributed by atoms with Crippen molar-refractivity contribution in [3.63, 3.8) is 0 Å². The van der Waals surface area contributed by atoms with Gasteiger partial charge in [-0.1, -0.05) is 6.07 Å². The second-order valence-corrected chi connectivity index (χ2v) is 5.51. The lowest BCUT2D eigenvalue weighted by Gasteiger charge is -2.37. The van der Waals surface area contributed by atoms with Gasteiger partial charge < -0.3 is 14.8 Å². The summed E-state index contributed by atoms with van der Waals surface area (Å²) in [4.78, 5) is 2.51. The van der Waals surface area contributed by atoms with Crippen LogP contribution in [-0.4, -0.2) is 43.8 Å². The summed E-state index contributed by atoms with van der Waals surface area (Å²) in [5.74, 6) is 1.64. The highest BCUT2D eigenvalue weighted by atomic mass is 35.5. The third-order valence-electron chi connectivity index (χ3n) is 3.81. The molecule has 120 valence electrons. The maximum absolute atomic E-state index is 5.56. The molecule has 1 heterocycles. The number of ether oxygens (including phenoxy) is 2.